The van der Waals surface area contributed by atoms with Crippen molar-refractivity contribution >= 4 is 26.6 Å². The molecule has 1 N–H and O–H groups in total. The summed E-state index contributed by atoms with van der Waals surface area (Å²) in [6.07, 6.45) is 0. The predicted octanol–water partition coefficient (Wildman–Crippen LogP) is 4.98. The number of benzene rings is 3. The van der Waals surface area contributed by atoms with Gasteiger partial charge in [0.2, 0.25) is 0 Å². The van der Waals surface area contributed by atoms with Crippen LogP contribution in [0.3, 0.4) is 0 Å². The summed E-state index contributed by atoms with van der Waals surface area (Å²) in [6, 6.07) is 24.5. The average molecular weight is 434 g/mol. The maximum atomic E-state index is 13.3. The van der Waals surface area contributed by atoms with Crippen LogP contribution in [-0.2, 0) is 16.6 Å². The number of fused-ring (bicyclic) bond motifs is 1. The van der Waals surface area contributed by atoms with Crippen LogP contribution >= 0.6 is 0 Å². The van der Waals surface area contributed by atoms with Gasteiger partial charge in [0.15, 0.2) is 0 Å². The zero-order valence-electron chi connectivity index (χ0n) is 18.0. The predicted molar refractivity (Wildman–Crippen MR) is 128 cm³/mol. The molecule has 0 unspecified atom stereocenters. The molecule has 5 nitrogen and oxygen atoms in total. The number of aryl methyl sites for hydroxylation is 1. The van der Waals surface area contributed by atoms with Gasteiger partial charge >= 0.3 is 0 Å². The molecular weight excluding hydrogens is 406 g/mol. The van der Waals surface area contributed by atoms with E-state index in [1.54, 1.807) is 12.1 Å². The largest absolute Gasteiger partial charge is 0.344 e. The Bertz CT molecular complexity index is 1310. The van der Waals surface area contributed by atoms with Gasteiger partial charge in [0.1, 0.15) is 0 Å². The fraction of sp³-hybridized carbons (Fsp3) is 0.200. The van der Waals surface area contributed by atoms with Crippen LogP contribution in [0.4, 0.5) is 5.69 Å². The highest BCUT2D eigenvalue weighted by Crippen LogP contribution is 2.30. The van der Waals surface area contributed by atoms with Crippen LogP contribution in [0.5, 0.6) is 0 Å². The van der Waals surface area contributed by atoms with E-state index < -0.39 is 10.0 Å². The number of anilines is 1. The van der Waals surface area contributed by atoms with Gasteiger partial charge in [0.05, 0.1) is 4.90 Å². The van der Waals surface area contributed by atoms with Crippen molar-refractivity contribution in [1.29, 1.82) is 0 Å². The van der Waals surface area contributed by atoms with E-state index >= 15 is 0 Å². The third-order valence-electron chi connectivity index (χ3n) is 5.39. The van der Waals surface area contributed by atoms with E-state index in [2.05, 4.69) is 41.3 Å². The molecule has 6 heteroatoms. The molecule has 4 aromatic rings. The molecule has 0 aliphatic carbocycles. The molecule has 4 rings (SSSR count). The molecule has 0 amide bonds. The molecular formula is C25H27N3O2S. The molecule has 1 heterocycles. The minimum atomic E-state index is -3.75. The average Bonchev–Trinajstić information content (AvgIpc) is 3.06. The number of likely N-dealkylation sites (N-methyl/N-ethyl adjacent to an activating group) is 1. The first-order valence-electron chi connectivity index (χ1n) is 10.3. The number of rotatable bonds is 7. The minimum Gasteiger partial charge on any atom is -0.344 e. The molecule has 0 saturated carbocycles. The Kier molecular flexibility index (Phi) is 5.85. The molecule has 0 saturated heterocycles. The lowest BCUT2D eigenvalue weighted by Crippen LogP contribution is -2.18. The highest BCUT2D eigenvalue weighted by atomic mass is 32.2. The van der Waals surface area contributed by atoms with Crippen LogP contribution in [0, 0.1) is 6.92 Å². The molecule has 0 atom stereocenters. The lowest BCUT2D eigenvalue weighted by atomic mass is 10.1. The Morgan fingerprint density at radius 2 is 1.61 bits per heavy atom. The molecule has 0 aliphatic rings. The smallest absolute Gasteiger partial charge is 0.262 e. The van der Waals surface area contributed by atoms with Gasteiger partial charge in [0, 0.05) is 40.9 Å². The number of nitrogens with zero attached hydrogens (tertiary/aromatic N) is 2. The maximum Gasteiger partial charge on any atom is 0.262 e. The fourth-order valence-corrected chi connectivity index (χ4v) is 5.12. The summed E-state index contributed by atoms with van der Waals surface area (Å²) in [5.74, 6) is 0. The molecule has 0 spiro atoms. The van der Waals surface area contributed by atoms with E-state index in [1.165, 1.54) is 0 Å². The van der Waals surface area contributed by atoms with Crippen molar-refractivity contribution in [3.05, 3.63) is 84.6 Å². The lowest BCUT2D eigenvalue weighted by Gasteiger charge is -2.14. The topological polar surface area (TPSA) is 54.3 Å². The third-order valence-corrected chi connectivity index (χ3v) is 6.83. The van der Waals surface area contributed by atoms with Gasteiger partial charge in [-0.1, -0.05) is 48.5 Å². The summed E-state index contributed by atoms with van der Waals surface area (Å²) >= 11 is 0. The maximum absolute atomic E-state index is 13.3. The Hall–Kier alpha value is -3.09. The Morgan fingerprint density at radius 1 is 0.903 bits per heavy atom. The second-order valence-electron chi connectivity index (χ2n) is 7.98. The van der Waals surface area contributed by atoms with Gasteiger partial charge in [-0.2, -0.15) is 0 Å². The number of aromatic nitrogens is 1. The Labute approximate surface area is 184 Å². The third kappa shape index (κ3) is 4.50. The number of hydrogen-bond acceptors (Lipinski definition) is 3. The van der Waals surface area contributed by atoms with E-state index in [-0.39, 0.29) is 4.90 Å². The van der Waals surface area contributed by atoms with E-state index in [4.69, 9.17) is 0 Å². The summed E-state index contributed by atoms with van der Waals surface area (Å²) < 4.78 is 31.6. The van der Waals surface area contributed by atoms with Gasteiger partial charge < -0.3 is 9.47 Å². The van der Waals surface area contributed by atoms with Crippen molar-refractivity contribution in [3.8, 4) is 11.1 Å². The van der Waals surface area contributed by atoms with Crippen molar-refractivity contribution in [2.45, 2.75) is 18.4 Å². The van der Waals surface area contributed by atoms with E-state index in [9.17, 15) is 8.42 Å². The van der Waals surface area contributed by atoms with Gasteiger partial charge in [-0.15, -0.1) is 0 Å². The quantitative estimate of drug-likeness (QED) is 0.447. The molecule has 3 aromatic carbocycles. The molecule has 0 radical (unpaired) electrons. The first-order valence-corrected chi connectivity index (χ1v) is 11.8. The van der Waals surface area contributed by atoms with E-state index in [0.717, 1.165) is 35.2 Å². The highest BCUT2D eigenvalue weighted by molar-refractivity contribution is 7.92. The van der Waals surface area contributed by atoms with Gasteiger partial charge in [-0.25, -0.2) is 8.42 Å². The summed E-state index contributed by atoms with van der Waals surface area (Å²) in [7, 11) is 0.364. The molecule has 1 aromatic heterocycles. The number of hydrogen-bond donors (Lipinski definition) is 1. The molecule has 31 heavy (non-hydrogen) atoms. The monoisotopic (exact) mass is 433 g/mol. The first-order chi connectivity index (χ1) is 14.8. The van der Waals surface area contributed by atoms with Gasteiger partial charge in [-0.3, -0.25) is 4.72 Å². The second kappa shape index (κ2) is 8.57. The Balaban J connectivity index is 1.67. The van der Waals surface area contributed by atoms with Gasteiger partial charge in [-0.05, 0) is 56.9 Å². The van der Waals surface area contributed by atoms with Crippen LogP contribution in [-0.4, -0.2) is 38.5 Å². The summed E-state index contributed by atoms with van der Waals surface area (Å²) in [5.41, 5.74) is 4.37. The van der Waals surface area contributed by atoms with Gasteiger partial charge in [0.25, 0.3) is 10.0 Å². The second-order valence-corrected chi connectivity index (χ2v) is 9.63. The van der Waals surface area contributed by atoms with Crippen molar-refractivity contribution in [2.75, 3.05) is 25.4 Å². The standard InChI is InChI=1S/C25H27N3O2S/c1-19-17-21-18-22(13-14-24(21)28(19)16-15-27(2)3)26-31(29,30)25-12-8-7-11-23(25)20-9-5-4-6-10-20/h4-14,17-18,26H,15-16H2,1-3H3. The molecule has 0 aliphatic heterocycles. The van der Waals surface area contributed by atoms with E-state index in [1.807, 2.05) is 60.7 Å². The lowest BCUT2D eigenvalue weighted by molar-refractivity contribution is 0.385. The molecule has 160 valence electrons. The molecule has 0 fully saturated rings. The first kappa shape index (κ1) is 21.2. The molecule has 0 bridgehead atoms. The van der Waals surface area contributed by atoms with Crippen LogP contribution < -0.4 is 4.72 Å². The van der Waals surface area contributed by atoms with Crippen molar-refractivity contribution in [1.82, 2.24) is 9.47 Å². The van der Waals surface area contributed by atoms with Crippen molar-refractivity contribution in [2.24, 2.45) is 0 Å². The summed E-state index contributed by atoms with van der Waals surface area (Å²) in [6.45, 7) is 3.91. The minimum absolute atomic E-state index is 0.265. The zero-order chi connectivity index (χ0) is 22.0. The fourth-order valence-electron chi connectivity index (χ4n) is 3.84. The Morgan fingerprint density at radius 3 is 2.35 bits per heavy atom. The van der Waals surface area contributed by atoms with Crippen LogP contribution in [0.25, 0.3) is 22.0 Å². The number of nitrogens with one attached hydrogen (secondary N) is 1. The van der Waals surface area contributed by atoms with Crippen LogP contribution in [0.2, 0.25) is 0 Å². The summed E-state index contributed by atoms with van der Waals surface area (Å²) in [5, 5.41) is 1.02. The van der Waals surface area contributed by atoms with E-state index in [0.29, 0.717) is 11.3 Å². The highest BCUT2D eigenvalue weighted by Gasteiger charge is 2.19. The van der Waals surface area contributed by atoms with Crippen LogP contribution in [0.1, 0.15) is 5.69 Å². The number of sulfonamides is 1. The SMILES string of the molecule is Cc1cc2cc(NS(=O)(=O)c3ccccc3-c3ccccc3)ccc2n1CCN(C)C. The van der Waals surface area contributed by atoms with Crippen LogP contribution in [0.15, 0.2) is 83.8 Å². The summed E-state index contributed by atoms with van der Waals surface area (Å²) in [4.78, 5) is 2.42. The van der Waals surface area contributed by atoms with Crippen molar-refractivity contribution in [3.63, 3.8) is 0 Å². The normalized spacial score (nSPS) is 11.9. The zero-order valence-corrected chi connectivity index (χ0v) is 18.9. The van der Waals surface area contributed by atoms with Crippen molar-refractivity contribution < 1.29 is 8.42 Å².